The highest BCUT2D eigenvalue weighted by Crippen LogP contribution is 2.58. The van der Waals surface area contributed by atoms with Crippen LogP contribution in [0.15, 0.2) is 0 Å². The zero-order valence-corrected chi connectivity index (χ0v) is 11.2. The Morgan fingerprint density at radius 2 is 1.68 bits per heavy atom. The van der Waals surface area contributed by atoms with Crippen molar-refractivity contribution in [1.29, 1.82) is 0 Å². The summed E-state index contributed by atoms with van der Waals surface area (Å²) in [6.45, 7) is 3.63. The Labute approximate surface area is 111 Å². The molecule has 1 aliphatic heterocycles. The van der Waals surface area contributed by atoms with Crippen molar-refractivity contribution in [2.45, 2.75) is 38.3 Å². The smallest absolute Gasteiger partial charge is 0.309 e. The highest BCUT2D eigenvalue weighted by atomic mass is 16.8. The first kappa shape index (κ1) is 12.9. The Balaban J connectivity index is 1.93. The Morgan fingerprint density at radius 3 is 2.16 bits per heavy atom. The number of esters is 1. The molecule has 1 saturated heterocycles. The van der Waals surface area contributed by atoms with Crippen molar-refractivity contribution < 1.29 is 28.9 Å². The van der Waals surface area contributed by atoms with Crippen molar-refractivity contribution in [3.63, 3.8) is 0 Å². The summed E-state index contributed by atoms with van der Waals surface area (Å²) in [5.74, 6) is -3.74. The Hall–Kier alpha value is -1.14. The SMILES string of the molecule is COC(=O)[C@@H]1[C@@H]2C[C@@H]([C@H]3OC(C)(C)O[C@@H]23)[C@H]1C(=O)O. The standard InChI is InChI=1S/C13H18O6/c1-13(2)18-9-5-4-6(10(9)19-13)8(12(16)17-3)7(5)11(14)15/h5-10H,4H2,1-3H3,(H,14,15)/t5-,6+,7-,8-,9-,10+/m1/s1. The summed E-state index contributed by atoms with van der Waals surface area (Å²) in [7, 11) is 1.29. The fraction of sp³-hybridized carbons (Fsp3) is 0.846. The van der Waals surface area contributed by atoms with Crippen molar-refractivity contribution in [3.05, 3.63) is 0 Å². The van der Waals surface area contributed by atoms with Crippen LogP contribution in [0.25, 0.3) is 0 Å². The summed E-state index contributed by atoms with van der Waals surface area (Å²) in [6, 6.07) is 0. The van der Waals surface area contributed by atoms with Gasteiger partial charge in [-0.1, -0.05) is 0 Å². The van der Waals surface area contributed by atoms with Crippen molar-refractivity contribution in [2.75, 3.05) is 7.11 Å². The van der Waals surface area contributed by atoms with E-state index in [0.717, 1.165) is 0 Å². The van der Waals surface area contributed by atoms with Crippen LogP contribution in [0.2, 0.25) is 0 Å². The number of rotatable bonds is 2. The molecule has 106 valence electrons. The average Bonchev–Trinajstić information content (AvgIpc) is 2.93. The van der Waals surface area contributed by atoms with Crippen LogP contribution in [-0.2, 0) is 23.8 Å². The minimum atomic E-state index is -0.949. The number of ether oxygens (including phenoxy) is 3. The van der Waals surface area contributed by atoms with Crippen LogP contribution in [0.3, 0.4) is 0 Å². The zero-order chi connectivity index (χ0) is 13.9. The van der Waals surface area contributed by atoms with E-state index in [1.807, 2.05) is 13.8 Å². The van der Waals surface area contributed by atoms with E-state index in [1.54, 1.807) is 0 Å². The molecule has 0 aromatic heterocycles. The van der Waals surface area contributed by atoms with Crippen LogP contribution in [-0.4, -0.2) is 42.1 Å². The van der Waals surface area contributed by atoms with E-state index in [0.29, 0.717) is 6.42 Å². The fourth-order valence-corrected chi connectivity index (χ4v) is 4.09. The number of fused-ring (bicyclic) bond motifs is 5. The highest BCUT2D eigenvalue weighted by Gasteiger charge is 2.67. The van der Waals surface area contributed by atoms with Crippen LogP contribution in [0.5, 0.6) is 0 Å². The molecule has 6 atom stereocenters. The number of carboxylic acids is 1. The van der Waals surface area contributed by atoms with Gasteiger partial charge in [0.25, 0.3) is 0 Å². The van der Waals surface area contributed by atoms with Crippen molar-refractivity contribution >= 4 is 11.9 Å². The lowest BCUT2D eigenvalue weighted by molar-refractivity contribution is -0.162. The van der Waals surface area contributed by atoms with Crippen molar-refractivity contribution in [3.8, 4) is 0 Å². The normalized spacial score (nSPS) is 46.1. The van der Waals surface area contributed by atoms with E-state index in [2.05, 4.69) is 0 Å². The predicted molar refractivity (Wildman–Crippen MR) is 62.1 cm³/mol. The molecule has 6 nitrogen and oxygen atoms in total. The maximum absolute atomic E-state index is 11.9. The summed E-state index contributed by atoms with van der Waals surface area (Å²) in [5.41, 5.74) is 0. The van der Waals surface area contributed by atoms with Gasteiger partial charge in [0.2, 0.25) is 0 Å². The molecule has 3 aliphatic rings. The number of hydrogen-bond acceptors (Lipinski definition) is 5. The van der Waals surface area contributed by atoms with E-state index in [4.69, 9.17) is 14.2 Å². The lowest BCUT2D eigenvalue weighted by atomic mass is 9.76. The number of methoxy groups -OCH3 is 1. The van der Waals surface area contributed by atoms with Gasteiger partial charge in [0.15, 0.2) is 5.79 Å². The molecule has 3 rings (SSSR count). The third kappa shape index (κ3) is 1.70. The Kier molecular flexibility index (Phi) is 2.66. The largest absolute Gasteiger partial charge is 0.481 e. The quantitative estimate of drug-likeness (QED) is 0.742. The van der Waals surface area contributed by atoms with Gasteiger partial charge in [0.05, 0.1) is 31.2 Å². The number of aliphatic carboxylic acids is 1. The molecule has 2 bridgehead atoms. The Bertz CT molecular complexity index is 431. The monoisotopic (exact) mass is 270 g/mol. The average molecular weight is 270 g/mol. The molecule has 0 unspecified atom stereocenters. The van der Waals surface area contributed by atoms with Gasteiger partial charge in [-0.15, -0.1) is 0 Å². The van der Waals surface area contributed by atoms with Crippen LogP contribution >= 0.6 is 0 Å². The van der Waals surface area contributed by atoms with E-state index >= 15 is 0 Å². The molecule has 0 aromatic carbocycles. The number of hydrogen-bond donors (Lipinski definition) is 1. The van der Waals surface area contributed by atoms with E-state index in [1.165, 1.54) is 7.11 Å². The zero-order valence-electron chi connectivity index (χ0n) is 11.2. The van der Waals surface area contributed by atoms with Crippen LogP contribution < -0.4 is 0 Å². The van der Waals surface area contributed by atoms with E-state index in [-0.39, 0.29) is 24.0 Å². The first-order chi connectivity index (χ1) is 8.85. The third-order valence-corrected chi connectivity index (χ3v) is 4.62. The van der Waals surface area contributed by atoms with Gasteiger partial charge in [-0.2, -0.15) is 0 Å². The van der Waals surface area contributed by atoms with Gasteiger partial charge in [-0.3, -0.25) is 9.59 Å². The fourth-order valence-electron chi connectivity index (χ4n) is 4.09. The summed E-state index contributed by atoms with van der Waals surface area (Å²) in [6.07, 6.45) is 0.240. The maximum atomic E-state index is 11.9. The molecule has 3 fully saturated rings. The minimum Gasteiger partial charge on any atom is -0.481 e. The molecule has 0 spiro atoms. The van der Waals surface area contributed by atoms with Gasteiger partial charge in [0, 0.05) is 11.8 Å². The molecular formula is C13H18O6. The lowest BCUT2D eigenvalue weighted by Gasteiger charge is -2.32. The van der Waals surface area contributed by atoms with Crippen molar-refractivity contribution in [2.24, 2.45) is 23.7 Å². The molecule has 19 heavy (non-hydrogen) atoms. The first-order valence-corrected chi connectivity index (χ1v) is 6.52. The molecule has 2 saturated carbocycles. The summed E-state index contributed by atoms with van der Waals surface area (Å²) in [4.78, 5) is 23.4. The van der Waals surface area contributed by atoms with Gasteiger partial charge in [-0.05, 0) is 20.3 Å². The summed E-state index contributed by atoms with van der Waals surface area (Å²) in [5, 5.41) is 9.40. The second-order valence-electron chi connectivity index (χ2n) is 6.04. The first-order valence-electron chi connectivity index (χ1n) is 6.52. The third-order valence-electron chi connectivity index (χ3n) is 4.62. The molecule has 0 aromatic rings. The van der Waals surface area contributed by atoms with Gasteiger partial charge >= 0.3 is 11.9 Å². The van der Waals surface area contributed by atoms with Crippen LogP contribution in [0, 0.1) is 23.7 Å². The molecular weight excluding hydrogens is 252 g/mol. The van der Waals surface area contributed by atoms with E-state index in [9.17, 15) is 14.7 Å². The summed E-state index contributed by atoms with van der Waals surface area (Å²) < 4.78 is 16.4. The van der Waals surface area contributed by atoms with E-state index < -0.39 is 29.6 Å². The maximum Gasteiger partial charge on any atom is 0.309 e. The number of carboxylic acid groups (broad SMARTS) is 1. The molecule has 1 N–H and O–H groups in total. The van der Waals surface area contributed by atoms with Gasteiger partial charge in [0.1, 0.15) is 0 Å². The molecule has 1 heterocycles. The second-order valence-corrected chi connectivity index (χ2v) is 6.04. The Morgan fingerprint density at radius 1 is 1.16 bits per heavy atom. The van der Waals surface area contributed by atoms with Crippen LogP contribution in [0.1, 0.15) is 20.3 Å². The molecule has 0 radical (unpaired) electrons. The molecule has 0 amide bonds. The van der Waals surface area contributed by atoms with Crippen LogP contribution in [0.4, 0.5) is 0 Å². The molecule has 2 aliphatic carbocycles. The summed E-state index contributed by atoms with van der Waals surface area (Å²) >= 11 is 0. The highest BCUT2D eigenvalue weighted by molar-refractivity contribution is 5.83. The molecule has 6 heteroatoms. The second kappa shape index (κ2) is 3.93. The predicted octanol–water partition coefficient (Wildman–Crippen LogP) is 0.646. The lowest BCUT2D eigenvalue weighted by Crippen LogP contribution is -2.46. The van der Waals surface area contributed by atoms with Crippen molar-refractivity contribution in [1.82, 2.24) is 0 Å². The number of carbonyl (C=O) groups excluding carboxylic acids is 1. The minimum absolute atomic E-state index is 0.120. The number of carbonyl (C=O) groups is 2. The van der Waals surface area contributed by atoms with Gasteiger partial charge < -0.3 is 19.3 Å². The topological polar surface area (TPSA) is 82.1 Å². The van der Waals surface area contributed by atoms with Gasteiger partial charge in [-0.25, -0.2) is 0 Å².